The van der Waals surface area contributed by atoms with Crippen molar-refractivity contribution in [2.75, 3.05) is 13.1 Å². The number of nitrogens with one attached hydrogen (secondary N) is 1. The molecule has 6 nitrogen and oxygen atoms in total. The lowest BCUT2D eigenvalue weighted by Gasteiger charge is -2.43. The molecule has 1 aromatic rings. The molecule has 152 valence electrons. The average Bonchev–Trinajstić information content (AvgIpc) is 3.02. The Kier molecular flexibility index (Phi) is 6.56. The van der Waals surface area contributed by atoms with Crippen molar-refractivity contribution in [3.05, 3.63) is 11.7 Å². The Bertz CT molecular complexity index is 618. The fourth-order valence-corrected chi connectivity index (χ4v) is 4.04. The third-order valence-corrected chi connectivity index (χ3v) is 6.11. The molecule has 1 saturated heterocycles. The van der Waals surface area contributed by atoms with Gasteiger partial charge in [-0.15, -0.1) is 0 Å². The highest BCUT2D eigenvalue weighted by Gasteiger charge is 2.31. The van der Waals surface area contributed by atoms with Crippen molar-refractivity contribution in [3.8, 4) is 0 Å². The molecule has 2 fully saturated rings. The summed E-state index contributed by atoms with van der Waals surface area (Å²) < 4.78 is 5.30. The molecule has 1 amide bonds. The summed E-state index contributed by atoms with van der Waals surface area (Å²) in [7, 11) is 0. The number of aryl methyl sites for hydroxylation is 1. The summed E-state index contributed by atoms with van der Waals surface area (Å²) in [5.41, 5.74) is -0.109. The highest BCUT2D eigenvalue weighted by molar-refractivity contribution is 5.76. The molecule has 0 spiro atoms. The minimum Gasteiger partial charge on any atom is -0.353 e. The maximum atomic E-state index is 12.3. The number of hydrogen-bond donors (Lipinski definition) is 1. The van der Waals surface area contributed by atoms with Crippen LogP contribution in [-0.4, -0.2) is 46.1 Å². The molecule has 0 radical (unpaired) electrons. The number of rotatable bonds is 7. The maximum absolute atomic E-state index is 12.3. The third kappa shape index (κ3) is 5.53. The van der Waals surface area contributed by atoms with E-state index >= 15 is 0 Å². The number of carbonyl (C=O) groups excluding carboxylic acids is 1. The summed E-state index contributed by atoms with van der Waals surface area (Å²) >= 11 is 0. The predicted molar refractivity (Wildman–Crippen MR) is 105 cm³/mol. The van der Waals surface area contributed by atoms with Crippen molar-refractivity contribution >= 4 is 5.91 Å². The van der Waals surface area contributed by atoms with Gasteiger partial charge in [0.15, 0.2) is 5.82 Å². The summed E-state index contributed by atoms with van der Waals surface area (Å²) in [6, 6.07) is 1.05. The van der Waals surface area contributed by atoms with Gasteiger partial charge in [-0.3, -0.25) is 4.79 Å². The first kappa shape index (κ1) is 20.3. The van der Waals surface area contributed by atoms with E-state index in [2.05, 4.69) is 48.1 Å². The van der Waals surface area contributed by atoms with Crippen molar-refractivity contribution in [1.82, 2.24) is 20.4 Å². The fourth-order valence-electron chi connectivity index (χ4n) is 4.04. The van der Waals surface area contributed by atoms with Crippen molar-refractivity contribution in [2.45, 2.75) is 96.6 Å². The predicted octanol–water partition coefficient (Wildman–Crippen LogP) is 3.46. The van der Waals surface area contributed by atoms with Crippen LogP contribution in [0.15, 0.2) is 4.52 Å². The first-order chi connectivity index (χ1) is 12.8. The van der Waals surface area contributed by atoms with Gasteiger partial charge in [0, 0.05) is 36.9 Å². The molecule has 27 heavy (non-hydrogen) atoms. The third-order valence-electron chi connectivity index (χ3n) is 6.11. The lowest BCUT2D eigenvalue weighted by atomic mass is 9.85. The monoisotopic (exact) mass is 376 g/mol. The molecule has 1 aliphatic carbocycles. The highest BCUT2D eigenvalue weighted by atomic mass is 16.5. The molecule has 3 rings (SSSR count). The van der Waals surface area contributed by atoms with E-state index in [-0.39, 0.29) is 17.4 Å². The molecule has 1 saturated carbocycles. The molecular formula is C21H36N4O2. The summed E-state index contributed by atoms with van der Waals surface area (Å²) in [5.74, 6) is 2.07. The largest absolute Gasteiger partial charge is 0.353 e. The number of amides is 1. The molecular weight excluding hydrogens is 340 g/mol. The number of likely N-dealkylation sites (tertiary alicyclic amines) is 1. The standard InChI is InChI=1S/C21H36N4O2/c1-15(16-8-7-13-25(14-16)17-9-5-10-17)22-18(26)11-6-12-19-23-20(24-27-19)21(2,3)4/h15-17H,5-14H2,1-4H3,(H,22,26)/t15-,16+/m0/s1. The molecule has 1 aromatic heterocycles. The molecule has 1 aliphatic heterocycles. The van der Waals surface area contributed by atoms with Gasteiger partial charge < -0.3 is 14.7 Å². The van der Waals surface area contributed by atoms with Crippen LogP contribution in [0, 0.1) is 5.92 Å². The van der Waals surface area contributed by atoms with E-state index in [1.54, 1.807) is 0 Å². The van der Waals surface area contributed by atoms with Gasteiger partial charge in [0.05, 0.1) is 0 Å². The lowest BCUT2D eigenvalue weighted by Crippen LogP contribution is -2.50. The Morgan fingerprint density at radius 1 is 1.30 bits per heavy atom. The average molecular weight is 377 g/mol. The van der Waals surface area contributed by atoms with Gasteiger partial charge in [-0.25, -0.2) is 0 Å². The quantitative estimate of drug-likeness (QED) is 0.789. The smallest absolute Gasteiger partial charge is 0.226 e. The van der Waals surface area contributed by atoms with E-state index in [0.717, 1.165) is 24.8 Å². The summed E-state index contributed by atoms with van der Waals surface area (Å²) in [5, 5.41) is 7.27. The first-order valence-corrected chi connectivity index (χ1v) is 10.7. The Balaban J connectivity index is 1.37. The molecule has 2 aliphatic rings. The number of hydrogen-bond acceptors (Lipinski definition) is 5. The second kappa shape index (κ2) is 8.72. The Morgan fingerprint density at radius 2 is 2.07 bits per heavy atom. The summed E-state index contributed by atoms with van der Waals surface area (Å²) in [4.78, 5) is 19.4. The van der Waals surface area contributed by atoms with E-state index < -0.39 is 0 Å². The molecule has 1 N–H and O–H groups in total. The van der Waals surface area contributed by atoms with Gasteiger partial charge in [-0.2, -0.15) is 4.98 Å². The van der Waals surface area contributed by atoms with Gasteiger partial charge in [0.1, 0.15) is 0 Å². The summed E-state index contributed by atoms with van der Waals surface area (Å²) in [6.07, 6.45) is 8.50. The van der Waals surface area contributed by atoms with Crippen LogP contribution in [0.25, 0.3) is 0 Å². The zero-order valence-electron chi connectivity index (χ0n) is 17.5. The molecule has 6 heteroatoms. The maximum Gasteiger partial charge on any atom is 0.226 e. The van der Waals surface area contributed by atoms with E-state index in [0.29, 0.717) is 24.7 Å². The van der Waals surface area contributed by atoms with Crippen LogP contribution in [-0.2, 0) is 16.6 Å². The van der Waals surface area contributed by atoms with Gasteiger partial charge >= 0.3 is 0 Å². The minimum atomic E-state index is -0.109. The van der Waals surface area contributed by atoms with Crippen molar-refractivity contribution < 1.29 is 9.32 Å². The van der Waals surface area contributed by atoms with E-state index in [1.165, 1.54) is 38.6 Å². The molecule has 2 heterocycles. The van der Waals surface area contributed by atoms with Crippen LogP contribution < -0.4 is 5.32 Å². The van der Waals surface area contributed by atoms with Crippen LogP contribution in [0.4, 0.5) is 0 Å². The first-order valence-electron chi connectivity index (χ1n) is 10.7. The van der Waals surface area contributed by atoms with Crippen molar-refractivity contribution in [3.63, 3.8) is 0 Å². The number of carbonyl (C=O) groups is 1. The van der Waals surface area contributed by atoms with Crippen LogP contribution in [0.1, 0.15) is 84.4 Å². The molecule has 0 aromatic carbocycles. The normalized spacial score (nSPS) is 23.0. The van der Waals surface area contributed by atoms with Crippen LogP contribution >= 0.6 is 0 Å². The number of piperidine rings is 1. The fraction of sp³-hybridized carbons (Fsp3) is 0.857. The van der Waals surface area contributed by atoms with E-state index in [4.69, 9.17) is 4.52 Å². The topological polar surface area (TPSA) is 71.3 Å². The summed E-state index contributed by atoms with van der Waals surface area (Å²) in [6.45, 7) is 10.7. The zero-order valence-corrected chi connectivity index (χ0v) is 17.5. The van der Waals surface area contributed by atoms with Gasteiger partial charge in [0.25, 0.3) is 0 Å². The number of nitrogens with zero attached hydrogens (tertiary/aromatic N) is 3. The Labute approximate surface area is 163 Å². The lowest BCUT2D eigenvalue weighted by molar-refractivity contribution is -0.122. The molecule has 0 bridgehead atoms. The van der Waals surface area contributed by atoms with Crippen LogP contribution in [0.3, 0.4) is 0 Å². The molecule has 0 unspecified atom stereocenters. The van der Waals surface area contributed by atoms with Crippen molar-refractivity contribution in [1.29, 1.82) is 0 Å². The van der Waals surface area contributed by atoms with Crippen molar-refractivity contribution in [2.24, 2.45) is 5.92 Å². The van der Waals surface area contributed by atoms with E-state index in [1.807, 2.05) is 0 Å². The van der Waals surface area contributed by atoms with Crippen LogP contribution in [0.5, 0.6) is 0 Å². The highest BCUT2D eigenvalue weighted by Crippen LogP contribution is 2.30. The second-order valence-corrected chi connectivity index (χ2v) is 9.45. The van der Waals surface area contributed by atoms with Crippen LogP contribution in [0.2, 0.25) is 0 Å². The Morgan fingerprint density at radius 3 is 2.70 bits per heavy atom. The van der Waals surface area contributed by atoms with Gasteiger partial charge in [-0.1, -0.05) is 32.3 Å². The van der Waals surface area contributed by atoms with Gasteiger partial charge in [-0.05, 0) is 51.5 Å². The minimum absolute atomic E-state index is 0.109. The number of aromatic nitrogens is 2. The van der Waals surface area contributed by atoms with Gasteiger partial charge in [0.2, 0.25) is 11.8 Å². The second-order valence-electron chi connectivity index (χ2n) is 9.45. The zero-order chi connectivity index (χ0) is 19.4. The molecule has 2 atom stereocenters. The Hall–Kier alpha value is -1.43. The SMILES string of the molecule is C[C@H](NC(=O)CCCc1nc(C(C)(C)C)no1)[C@@H]1CCCN(C2CCC2)C1. The van der Waals surface area contributed by atoms with E-state index in [9.17, 15) is 4.79 Å².